The van der Waals surface area contributed by atoms with Crippen molar-refractivity contribution in [1.29, 1.82) is 0 Å². The molecule has 0 amide bonds. The Bertz CT molecular complexity index is 109. The number of rotatable bonds is 2. The van der Waals surface area contributed by atoms with E-state index in [4.69, 9.17) is 0 Å². The zero-order valence-corrected chi connectivity index (χ0v) is 9.47. The Morgan fingerprint density at radius 3 is 2.82 bits per heavy atom. The Kier molecular flexibility index (Phi) is 4.09. The Hall–Kier alpha value is 0.650. The molecule has 1 saturated heterocycles. The molecule has 2 nitrogen and oxygen atoms in total. The predicted octanol–water partition coefficient (Wildman–Crippen LogP) is 1.80. The second-order valence-electron chi connectivity index (χ2n) is 3.38. The number of piperazine rings is 1. The van der Waals surface area contributed by atoms with E-state index in [-0.39, 0.29) is 0 Å². The van der Waals surface area contributed by atoms with Crippen molar-refractivity contribution in [2.24, 2.45) is 0 Å². The molecule has 1 rings (SSSR count). The van der Waals surface area contributed by atoms with Crippen LogP contribution in [0.4, 0.5) is 0 Å². The van der Waals surface area contributed by atoms with E-state index in [1.807, 2.05) is 0 Å². The predicted molar refractivity (Wildman–Crippen MR) is 56.9 cm³/mol. The summed E-state index contributed by atoms with van der Waals surface area (Å²) in [5.41, 5.74) is 0. The van der Waals surface area contributed by atoms with Gasteiger partial charge in [-0.2, -0.15) is 0 Å². The van der Waals surface area contributed by atoms with Gasteiger partial charge in [0, 0.05) is 48.0 Å². The molecular formula is C8H17IN2. The zero-order chi connectivity index (χ0) is 8.27. The van der Waals surface area contributed by atoms with Crippen molar-refractivity contribution < 1.29 is 0 Å². The summed E-state index contributed by atoms with van der Waals surface area (Å²) in [5, 5.41) is 3.60. The van der Waals surface area contributed by atoms with Crippen molar-refractivity contribution in [3.8, 4) is 0 Å². The SMILES string of the molecule is CCCC1CN(I)CC(C)N1. The first-order valence-corrected chi connectivity index (χ1v) is 5.35. The van der Waals surface area contributed by atoms with Gasteiger partial charge in [0.25, 0.3) is 0 Å². The average molecular weight is 268 g/mol. The molecule has 2 unspecified atom stereocenters. The lowest BCUT2D eigenvalue weighted by molar-refractivity contribution is 0.275. The lowest BCUT2D eigenvalue weighted by atomic mass is 10.1. The number of nitrogens with one attached hydrogen (secondary N) is 1. The van der Waals surface area contributed by atoms with Gasteiger partial charge in [-0.15, -0.1) is 0 Å². The van der Waals surface area contributed by atoms with E-state index in [0.717, 1.165) is 6.04 Å². The molecule has 0 saturated carbocycles. The van der Waals surface area contributed by atoms with Gasteiger partial charge < -0.3 is 5.32 Å². The van der Waals surface area contributed by atoms with Crippen LogP contribution in [0.25, 0.3) is 0 Å². The first-order valence-electron chi connectivity index (χ1n) is 4.39. The van der Waals surface area contributed by atoms with Crippen LogP contribution in [0.2, 0.25) is 0 Å². The van der Waals surface area contributed by atoms with Crippen molar-refractivity contribution >= 4 is 22.9 Å². The summed E-state index contributed by atoms with van der Waals surface area (Å²) in [5.74, 6) is 0. The van der Waals surface area contributed by atoms with Gasteiger partial charge in [-0.1, -0.05) is 13.3 Å². The quantitative estimate of drug-likeness (QED) is 0.607. The molecule has 11 heavy (non-hydrogen) atoms. The molecule has 0 spiro atoms. The van der Waals surface area contributed by atoms with Gasteiger partial charge in [-0.05, 0) is 13.3 Å². The Morgan fingerprint density at radius 1 is 1.55 bits per heavy atom. The molecule has 1 heterocycles. The van der Waals surface area contributed by atoms with Crippen LogP contribution in [0.3, 0.4) is 0 Å². The van der Waals surface area contributed by atoms with E-state index in [2.05, 4.69) is 45.1 Å². The van der Waals surface area contributed by atoms with Crippen molar-refractivity contribution in [2.45, 2.75) is 38.8 Å². The molecule has 0 radical (unpaired) electrons. The Balaban J connectivity index is 2.30. The van der Waals surface area contributed by atoms with Gasteiger partial charge in [0.2, 0.25) is 0 Å². The lowest BCUT2D eigenvalue weighted by Crippen LogP contribution is -2.52. The van der Waals surface area contributed by atoms with Gasteiger partial charge in [-0.3, -0.25) is 0 Å². The Labute approximate surface area is 83.2 Å². The van der Waals surface area contributed by atoms with Crippen LogP contribution in [-0.2, 0) is 0 Å². The molecule has 1 fully saturated rings. The van der Waals surface area contributed by atoms with Crippen molar-refractivity contribution in [1.82, 2.24) is 8.43 Å². The molecular weight excluding hydrogens is 251 g/mol. The number of nitrogens with zero attached hydrogens (tertiary/aromatic N) is 1. The highest BCUT2D eigenvalue weighted by molar-refractivity contribution is 14.1. The molecule has 3 heteroatoms. The first-order chi connectivity index (χ1) is 5.22. The molecule has 1 aliphatic rings. The minimum atomic E-state index is 0.664. The molecule has 66 valence electrons. The van der Waals surface area contributed by atoms with Crippen LogP contribution in [0.1, 0.15) is 26.7 Å². The van der Waals surface area contributed by atoms with Gasteiger partial charge >= 0.3 is 0 Å². The third kappa shape index (κ3) is 3.25. The van der Waals surface area contributed by atoms with Crippen molar-refractivity contribution in [3.05, 3.63) is 0 Å². The van der Waals surface area contributed by atoms with Crippen molar-refractivity contribution in [2.75, 3.05) is 13.1 Å². The highest BCUT2D eigenvalue weighted by Crippen LogP contribution is 2.11. The Morgan fingerprint density at radius 2 is 2.27 bits per heavy atom. The monoisotopic (exact) mass is 268 g/mol. The molecule has 2 atom stereocenters. The smallest absolute Gasteiger partial charge is 0.0236 e. The average Bonchev–Trinajstić information content (AvgIpc) is 1.85. The molecule has 0 aromatic heterocycles. The highest BCUT2D eigenvalue weighted by Gasteiger charge is 2.20. The van der Waals surface area contributed by atoms with E-state index < -0.39 is 0 Å². The van der Waals surface area contributed by atoms with Crippen LogP contribution in [-0.4, -0.2) is 28.3 Å². The summed E-state index contributed by atoms with van der Waals surface area (Å²) in [4.78, 5) is 0. The third-order valence-electron chi connectivity index (χ3n) is 2.05. The summed E-state index contributed by atoms with van der Waals surface area (Å²) in [6, 6.07) is 1.39. The fourth-order valence-electron chi connectivity index (χ4n) is 1.64. The second kappa shape index (κ2) is 4.62. The maximum Gasteiger partial charge on any atom is 0.0236 e. The first kappa shape index (κ1) is 9.74. The minimum Gasteiger partial charge on any atom is -0.309 e. The summed E-state index contributed by atoms with van der Waals surface area (Å²) < 4.78 is 2.39. The lowest BCUT2D eigenvalue weighted by Gasteiger charge is -2.33. The fraction of sp³-hybridized carbons (Fsp3) is 1.00. The van der Waals surface area contributed by atoms with Gasteiger partial charge in [-0.25, -0.2) is 3.11 Å². The topological polar surface area (TPSA) is 15.3 Å². The second-order valence-corrected chi connectivity index (χ2v) is 4.75. The van der Waals surface area contributed by atoms with Crippen LogP contribution in [0, 0.1) is 0 Å². The fourth-order valence-corrected chi connectivity index (χ4v) is 2.71. The van der Waals surface area contributed by atoms with E-state index in [1.54, 1.807) is 0 Å². The third-order valence-corrected chi connectivity index (χ3v) is 2.84. The maximum atomic E-state index is 3.60. The summed E-state index contributed by atoms with van der Waals surface area (Å²) >= 11 is 2.42. The molecule has 0 aliphatic carbocycles. The summed E-state index contributed by atoms with van der Waals surface area (Å²) in [6.07, 6.45) is 2.60. The van der Waals surface area contributed by atoms with Crippen molar-refractivity contribution in [3.63, 3.8) is 0 Å². The molecule has 0 aromatic carbocycles. The van der Waals surface area contributed by atoms with Gasteiger partial charge in [0.15, 0.2) is 0 Å². The zero-order valence-electron chi connectivity index (χ0n) is 7.31. The van der Waals surface area contributed by atoms with Crippen LogP contribution in [0.5, 0.6) is 0 Å². The maximum absolute atomic E-state index is 3.60. The summed E-state index contributed by atoms with van der Waals surface area (Å²) in [7, 11) is 0. The van der Waals surface area contributed by atoms with Gasteiger partial charge in [0.1, 0.15) is 0 Å². The molecule has 1 aliphatic heterocycles. The van der Waals surface area contributed by atoms with E-state index in [9.17, 15) is 0 Å². The number of hydrogen-bond acceptors (Lipinski definition) is 2. The largest absolute Gasteiger partial charge is 0.309 e. The normalized spacial score (nSPS) is 34.1. The minimum absolute atomic E-state index is 0.664. The molecule has 1 N–H and O–H groups in total. The van der Waals surface area contributed by atoms with Crippen LogP contribution in [0.15, 0.2) is 0 Å². The van der Waals surface area contributed by atoms with E-state index >= 15 is 0 Å². The van der Waals surface area contributed by atoms with E-state index in [1.165, 1.54) is 25.9 Å². The standard InChI is InChI=1S/C8H17IN2/c1-3-4-8-6-11(9)5-7(2)10-8/h7-8,10H,3-6H2,1-2H3. The molecule has 0 bridgehead atoms. The highest BCUT2D eigenvalue weighted by atomic mass is 127. The summed E-state index contributed by atoms with van der Waals surface area (Å²) in [6.45, 7) is 6.89. The van der Waals surface area contributed by atoms with Gasteiger partial charge in [0.05, 0.1) is 0 Å². The number of halogens is 1. The van der Waals surface area contributed by atoms with Crippen LogP contribution >= 0.6 is 22.9 Å². The van der Waals surface area contributed by atoms with E-state index in [0.29, 0.717) is 6.04 Å². The number of hydrogen-bond donors (Lipinski definition) is 1. The van der Waals surface area contributed by atoms with Crippen LogP contribution < -0.4 is 5.32 Å². The molecule has 0 aromatic rings.